The van der Waals surface area contributed by atoms with Crippen LogP contribution in [0.1, 0.15) is 38.8 Å². The number of carbonyl (C=O) groups excluding carboxylic acids is 1. The van der Waals surface area contributed by atoms with Crippen molar-refractivity contribution in [1.82, 2.24) is 9.21 Å². The molecular formula is C16H26N2O3S. The van der Waals surface area contributed by atoms with Crippen molar-refractivity contribution in [2.45, 2.75) is 33.2 Å². The highest BCUT2D eigenvalue weighted by atomic mass is 32.2. The van der Waals surface area contributed by atoms with Gasteiger partial charge in [-0.2, -0.15) is 4.31 Å². The number of hydrogen-bond acceptors (Lipinski definition) is 3. The van der Waals surface area contributed by atoms with Gasteiger partial charge in [-0.3, -0.25) is 4.79 Å². The average Bonchev–Trinajstić information content (AvgIpc) is 2.48. The van der Waals surface area contributed by atoms with Crippen LogP contribution in [0.25, 0.3) is 0 Å². The van der Waals surface area contributed by atoms with Crippen molar-refractivity contribution in [3.05, 3.63) is 35.9 Å². The number of sulfonamides is 1. The summed E-state index contributed by atoms with van der Waals surface area (Å²) in [6, 6.07) is 9.16. The van der Waals surface area contributed by atoms with Crippen LogP contribution >= 0.6 is 0 Å². The van der Waals surface area contributed by atoms with Crippen LogP contribution in [0.2, 0.25) is 0 Å². The molecule has 0 aliphatic rings. The fraction of sp³-hybridized carbons (Fsp3) is 0.562. The van der Waals surface area contributed by atoms with Crippen LogP contribution < -0.4 is 0 Å². The zero-order valence-electron chi connectivity index (χ0n) is 13.8. The Kier molecular flexibility index (Phi) is 7.03. The van der Waals surface area contributed by atoms with E-state index in [-0.39, 0.29) is 24.9 Å². The number of rotatable bonds is 8. The lowest BCUT2D eigenvalue weighted by Gasteiger charge is -2.28. The second-order valence-corrected chi connectivity index (χ2v) is 7.21. The third-order valence-electron chi connectivity index (χ3n) is 3.80. The van der Waals surface area contributed by atoms with Gasteiger partial charge in [0.15, 0.2) is 0 Å². The van der Waals surface area contributed by atoms with Crippen molar-refractivity contribution in [2.75, 3.05) is 25.9 Å². The fourth-order valence-corrected chi connectivity index (χ4v) is 3.60. The monoisotopic (exact) mass is 326 g/mol. The van der Waals surface area contributed by atoms with Crippen LogP contribution in [0.15, 0.2) is 30.3 Å². The molecule has 0 bridgehead atoms. The molecule has 0 N–H and O–H groups in total. The van der Waals surface area contributed by atoms with Crippen LogP contribution in [-0.4, -0.2) is 49.4 Å². The lowest BCUT2D eigenvalue weighted by molar-refractivity contribution is -0.130. The molecule has 1 unspecified atom stereocenters. The summed E-state index contributed by atoms with van der Waals surface area (Å²) in [6.07, 6.45) is 1.39. The van der Waals surface area contributed by atoms with Crippen molar-refractivity contribution in [2.24, 2.45) is 0 Å². The molecule has 0 saturated carbocycles. The van der Waals surface area contributed by atoms with E-state index in [0.29, 0.717) is 13.1 Å². The maximum atomic E-state index is 12.1. The number of amides is 1. The summed E-state index contributed by atoms with van der Waals surface area (Å²) in [4.78, 5) is 13.8. The lowest BCUT2D eigenvalue weighted by atomic mass is 10.1. The highest BCUT2D eigenvalue weighted by molar-refractivity contribution is 7.88. The first kappa shape index (κ1) is 18.6. The average molecular weight is 326 g/mol. The first-order chi connectivity index (χ1) is 10.3. The Labute approximate surface area is 134 Å². The van der Waals surface area contributed by atoms with E-state index in [1.165, 1.54) is 10.6 Å². The van der Waals surface area contributed by atoms with Crippen LogP contribution in [0.5, 0.6) is 0 Å². The maximum Gasteiger partial charge on any atom is 0.223 e. The second kappa shape index (κ2) is 8.29. The second-order valence-electron chi connectivity index (χ2n) is 5.28. The molecule has 1 aromatic carbocycles. The first-order valence-electron chi connectivity index (χ1n) is 7.60. The Morgan fingerprint density at radius 1 is 1.14 bits per heavy atom. The molecule has 6 heteroatoms. The fourth-order valence-electron chi connectivity index (χ4n) is 2.48. The molecule has 1 aromatic rings. The van der Waals surface area contributed by atoms with E-state index in [0.717, 1.165) is 5.56 Å². The summed E-state index contributed by atoms with van der Waals surface area (Å²) in [5.74, 6) is -0.0149. The zero-order chi connectivity index (χ0) is 16.8. The predicted molar refractivity (Wildman–Crippen MR) is 89.0 cm³/mol. The molecule has 0 saturated heterocycles. The van der Waals surface area contributed by atoms with Gasteiger partial charge in [-0.25, -0.2) is 8.42 Å². The van der Waals surface area contributed by atoms with Crippen molar-refractivity contribution in [3.8, 4) is 0 Å². The standard InChI is InChI=1S/C16H26N2O3S/c1-5-17(6-2)16(19)12-13-18(22(4,20)21)14(3)15-10-8-7-9-11-15/h7-11,14H,5-6,12-13H2,1-4H3. The van der Waals surface area contributed by atoms with Gasteiger partial charge >= 0.3 is 0 Å². The molecule has 1 atom stereocenters. The van der Waals surface area contributed by atoms with Gasteiger partial charge < -0.3 is 4.90 Å². The largest absolute Gasteiger partial charge is 0.343 e. The molecule has 0 heterocycles. The smallest absolute Gasteiger partial charge is 0.223 e. The Bertz CT molecular complexity index is 568. The van der Waals surface area contributed by atoms with Crippen molar-refractivity contribution in [1.29, 1.82) is 0 Å². The molecule has 0 radical (unpaired) electrons. The topological polar surface area (TPSA) is 57.7 Å². The van der Waals surface area contributed by atoms with Crippen LogP contribution in [0, 0.1) is 0 Å². The van der Waals surface area contributed by atoms with Crippen LogP contribution in [0.3, 0.4) is 0 Å². The van der Waals surface area contributed by atoms with Gasteiger partial charge in [0.1, 0.15) is 0 Å². The third kappa shape index (κ3) is 5.10. The normalized spacial score (nSPS) is 13.1. The van der Waals surface area contributed by atoms with Gasteiger partial charge in [-0.05, 0) is 26.3 Å². The molecule has 22 heavy (non-hydrogen) atoms. The quantitative estimate of drug-likeness (QED) is 0.736. The summed E-state index contributed by atoms with van der Waals surface area (Å²) < 4.78 is 25.5. The Hall–Kier alpha value is -1.40. The molecule has 1 rings (SSSR count). The lowest BCUT2D eigenvalue weighted by Crippen LogP contribution is -2.38. The van der Waals surface area contributed by atoms with Gasteiger partial charge in [0.05, 0.1) is 6.26 Å². The first-order valence-corrected chi connectivity index (χ1v) is 9.45. The zero-order valence-corrected chi connectivity index (χ0v) is 14.6. The van der Waals surface area contributed by atoms with E-state index in [9.17, 15) is 13.2 Å². The number of nitrogens with zero attached hydrogens (tertiary/aromatic N) is 2. The Balaban J connectivity index is 2.85. The number of carbonyl (C=O) groups is 1. The highest BCUT2D eigenvalue weighted by Gasteiger charge is 2.25. The highest BCUT2D eigenvalue weighted by Crippen LogP contribution is 2.22. The SMILES string of the molecule is CCN(CC)C(=O)CCN(C(C)c1ccccc1)S(C)(=O)=O. The van der Waals surface area contributed by atoms with Crippen molar-refractivity contribution < 1.29 is 13.2 Å². The Morgan fingerprint density at radius 3 is 2.14 bits per heavy atom. The van der Waals surface area contributed by atoms with E-state index < -0.39 is 10.0 Å². The number of benzene rings is 1. The summed E-state index contributed by atoms with van der Waals surface area (Å²) in [5, 5.41) is 0. The van der Waals surface area contributed by atoms with Gasteiger partial charge in [-0.15, -0.1) is 0 Å². The summed E-state index contributed by atoms with van der Waals surface area (Å²) in [7, 11) is -3.38. The molecule has 0 aliphatic heterocycles. The maximum absolute atomic E-state index is 12.1. The van der Waals surface area contributed by atoms with E-state index in [1.807, 2.05) is 51.1 Å². The molecule has 124 valence electrons. The van der Waals surface area contributed by atoms with E-state index in [2.05, 4.69) is 0 Å². The van der Waals surface area contributed by atoms with Crippen molar-refractivity contribution >= 4 is 15.9 Å². The number of hydrogen-bond donors (Lipinski definition) is 0. The van der Waals surface area contributed by atoms with Gasteiger partial charge in [0.2, 0.25) is 15.9 Å². The Morgan fingerprint density at radius 2 is 1.68 bits per heavy atom. The summed E-state index contributed by atoms with van der Waals surface area (Å²) >= 11 is 0. The molecule has 0 aliphatic carbocycles. The van der Waals surface area contributed by atoms with Gasteiger partial charge in [-0.1, -0.05) is 30.3 Å². The molecule has 5 nitrogen and oxygen atoms in total. The van der Waals surface area contributed by atoms with Crippen molar-refractivity contribution in [3.63, 3.8) is 0 Å². The van der Waals surface area contributed by atoms with Crippen LogP contribution in [0.4, 0.5) is 0 Å². The summed E-state index contributed by atoms with van der Waals surface area (Å²) in [5.41, 5.74) is 0.920. The minimum atomic E-state index is -3.38. The molecule has 0 aromatic heterocycles. The molecule has 0 spiro atoms. The summed E-state index contributed by atoms with van der Waals surface area (Å²) in [6.45, 7) is 7.16. The molecule has 1 amide bonds. The van der Waals surface area contributed by atoms with E-state index in [1.54, 1.807) is 4.90 Å². The predicted octanol–water partition coefficient (Wildman–Crippen LogP) is 2.27. The molecule has 0 fully saturated rings. The molecular weight excluding hydrogens is 300 g/mol. The van der Waals surface area contributed by atoms with Gasteiger partial charge in [0.25, 0.3) is 0 Å². The van der Waals surface area contributed by atoms with Crippen LogP contribution in [-0.2, 0) is 14.8 Å². The van der Waals surface area contributed by atoms with E-state index >= 15 is 0 Å². The van der Waals surface area contributed by atoms with Gasteiger partial charge in [0, 0.05) is 32.1 Å². The third-order valence-corrected chi connectivity index (χ3v) is 5.15. The van der Waals surface area contributed by atoms with E-state index in [4.69, 9.17) is 0 Å². The minimum absolute atomic E-state index is 0.0149. The minimum Gasteiger partial charge on any atom is -0.343 e.